The number of carbonyl (C=O) groups excluding carboxylic acids is 1. The normalized spacial score (nSPS) is 10.9. The Kier molecular flexibility index (Phi) is 5.95. The lowest BCUT2D eigenvalue weighted by molar-refractivity contribution is -0.387. The molecule has 0 atom stereocenters. The first-order chi connectivity index (χ1) is 13.0. The van der Waals surface area contributed by atoms with Crippen molar-refractivity contribution in [3.05, 3.63) is 93.3 Å². The maximum Gasteiger partial charge on any atom is 0.283 e. The number of nitrogens with zero attached hydrogens (tertiary/aromatic N) is 3. The first kappa shape index (κ1) is 18.8. The van der Waals surface area contributed by atoms with Crippen molar-refractivity contribution < 1.29 is 9.72 Å². The van der Waals surface area contributed by atoms with Crippen LogP contribution >= 0.6 is 23.4 Å². The second-order valence-corrected chi connectivity index (χ2v) is 6.71. The van der Waals surface area contributed by atoms with Gasteiger partial charge in [0, 0.05) is 24.0 Å². The van der Waals surface area contributed by atoms with Crippen molar-refractivity contribution >= 4 is 40.9 Å². The Labute approximate surface area is 164 Å². The summed E-state index contributed by atoms with van der Waals surface area (Å²) in [6, 6.07) is 13.1. The average Bonchev–Trinajstić information content (AvgIpc) is 2.68. The molecule has 0 aliphatic carbocycles. The van der Waals surface area contributed by atoms with E-state index in [2.05, 4.69) is 9.97 Å². The van der Waals surface area contributed by atoms with E-state index in [1.165, 1.54) is 18.2 Å². The third kappa shape index (κ3) is 4.78. The number of halogens is 1. The summed E-state index contributed by atoms with van der Waals surface area (Å²) in [5, 5.41) is 12.2. The van der Waals surface area contributed by atoms with Gasteiger partial charge < -0.3 is 0 Å². The van der Waals surface area contributed by atoms with E-state index >= 15 is 0 Å². The molecular weight excluding hydrogens is 386 g/mol. The molecule has 0 aliphatic rings. The summed E-state index contributed by atoms with van der Waals surface area (Å²) in [5.41, 5.74) is 0.818. The van der Waals surface area contributed by atoms with Gasteiger partial charge in [-0.25, -0.2) is 9.97 Å². The molecule has 1 heterocycles. The highest BCUT2D eigenvalue weighted by atomic mass is 35.5. The molecule has 8 heteroatoms. The minimum Gasteiger partial charge on any atom is -0.289 e. The molecule has 6 nitrogen and oxygen atoms in total. The maximum atomic E-state index is 12.2. The van der Waals surface area contributed by atoms with Crippen LogP contribution in [-0.2, 0) is 0 Å². The van der Waals surface area contributed by atoms with Crippen LogP contribution in [0.3, 0.4) is 0 Å². The molecule has 0 amide bonds. The predicted molar refractivity (Wildman–Crippen MR) is 104 cm³/mol. The van der Waals surface area contributed by atoms with Gasteiger partial charge >= 0.3 is 0 Å². The molecule has 0 aliphatic heterocycles. The van der Waals surface area contributed by atoms with Crippen molar-refractivity contribution in [2.75, 3.05) is 0 Å². The van der Waals surface area contributed by atoms with Gasteiger partial charge in [0.1, 0.15) is 0 Å². The molecule has 3 aromatic rings. The van der Waals surface area contributed by atoms with Gasteiger partial charge in [-0.1, -0.05) is 35.9 Å². The van der Waals surface area contributed by atoms with Gasteiger partial charge in [-0.15, -0.1) is 0 Å². The summed E-state index contributed by atoms with van der Waals surface area (Å²) >= 11 is 7.11. The Hall–Kier alpha value is -3.03. The molecule has 0 bridgehead atoms. The Morgan fingerprint density at radius 3 is 2.56 bits per heavy atom. The maximum absolute atomic E-state index is 12.2. The Bertz CT molecular complexity index is 1030. The van der Waals surface area contributed by atoms with E-state index in [1.807, 2.05) is 0 Å². The van der Waals surface area contributed by atoms with E-state index in [9.17, 15) is 14.9 Å². The van der Waals surface area contributed by atoms with E-state index in [0.29, 0.717) is 26.2 Å². The first-order valence-corrected chi connectivity index (χ1v) is 8.94. The standard InChI is InChI=1S/C19H12ClN3O3S/c20-15-5-2-1-4-14(15)17(24)8-6-13-7-9-18(16(12-13)23(25)26)27-19-21-10-3-11-22-19/h1-12H/b8-6+. The minimum absolute atomic E-state index is 0.0835. The monoisotopic (exact) mass is 397 g/mol. The highest BCUT2D eigenvalue weighted by Gasteiger charge is 2.16. The molecule has 1 aromatic heterocycles. The third-order valence-electron chi connectivity index (χ3n) is 3.49. The summed E-state index contributed by atoms with van der Waals surface area (Å²) in [6.07, 6.45) is 6.00. The van der Waals surface area contributed by atoms with Gasteiger partial charge in [0.25, 0.3) is 5.69 Å². The largest absolute Gasteiger partial charge is 0.289 e. The minimum atomic E-state index is -0.474. The number of benzene rings is 2. The molecule has 0 saturated carbocycles. The second-order valence-electron chi connectivity index (χ2n) is 5.30. The number of nitro benzene ring substituents is 1. The zero-order chi connectivity index (χ0) is 19.2. The number of aromatic nitrogens is 2. The fourth-order valence-corrected chi connectivity index (χ4v) is 3.25. The molecule has 0 radical (unpaired) electrons. The molecule has 0 N–H and O–H groups in total. The fraction of sp³-hybridized carbons (Fsp3) is 0. The molecule has 3 rings (SSSR count). The lowest BCUT2D eigenvalue weighted by Gasteiger charge is -2.03. The van der Waals surface area contributed by atoms with Gasteiger partial charge in [0.2, 0.25) is 0 Å². The highest BCUT2D eigenvalue weighted by Crippen LogP contribution is 2.33. The summed E-state index contributed by atoms with van der Waals surface area (Å²) in [4.78, 5) is 31.7. The topological polar surface area (TPSA) is 86.0 Å². The van der Waals surface area contributed by atoms with Crippen LogP contribution in [0.4, 0.5) is 5.69 Å². The SMILES string of the molecule is O=C(/C=C/c1ccc(Sc2ncccn2)c([N+](=O)[O-])c1)c1ccccc1Cl. The number of carbonyl (C=O) groups is 1. The zero-order valence-electron chi connectivity index (χ0n) is 13.8. The van der Waals surface area contributed by atoms with Gasteiger partial charge in [-0.05, 0) is 47.7 Å². The smallest absolute Gasteiger partial charge is 0.283 e. The van der Waals surface area contributed by atoms with Gasteiger partial charge in [-0.3, -0.25) is 14.9 Å². The van der Waals surface area contributed by atoms with E-state index in [-0.39, 0.29) is 11.5 Å². The van der Waals surface area contributed by atoms with Gasteiger partial charge in [0.15, 0.2) is 10.9 Å². The summed E-state index contributed by atoms with van der Waals surface area (Å²) in [7, 11) is 0. The average molecular weight is 398 g/mol. The number of nitro groups is 1. The number of ketones is 1. The number of allylic oxidation sites excluding steroid dienone is 1. The fourth-order valence-electron chi connectivity index (χ4n) is 2.23. The van der Waals surface area contributed by atoms with Gasteiger partial charge in [0.05, 0.1) is 14.8 Å². The number of hydrogen-bond donors (Lipinski definition) is 0. The van der Waals surface area contributed by atoms with Gasteiger partial charge in [-0.2, -0.15) is 0 Å². The lowest BCUT2D eigenvalue weighted by Crippen LogP contribution is -1.95. The molecule has 0 fully saturated rings. The molecule has 0 saturated heterocycles. The van der Waals surface area contributed by atoms with Crippen LogP contribution in [0.15, 0.2) is 77.1 Å². The van der Waals surface area contributed by atoms with Crippen molar-refractivity contribution in [2.45, 2.75) is 10.1 Å². The van der Waals surface area contributed by atoms with Crippen LogP contribution in [0, 0.1) is 10.1 Å². The van der Waals surface area contributed by atoms with E-state index < -0.39 is 4.92 Å². The van der Waals surface area contributed by atoms with Crippen molar-refractivity contribution in [3.63, 3.8) is 0 Å². The summed E-state index contributed by atoms with van der Waals surface area (Å²) in [6.45, 7) is 0. The molecule has 27 heavy (non-hydrogen) atoms. The van der Waals surface area contributed by atoms with Crippen LogP contribution in [-0.4, -0.2) is 20.7 Å². The number of rotatable bonds is 6. The highest BCUT2D eigenvalue weighted by molar-refractivity contribution is 7.99. The van der Waals surface area contributed by atoms with Crippen molar-refractivity contribution in [1.29, 1.82) is 0 Å². The number of hydrogen-bond acceptors (Lipinski definition) is 6. The molecule has 134 valence electrons. The van der Waals surface area contributed by atoms with Crippen LogP contribution in [0.5, 0.6) is 0 Å². The van der Waals surface area contributed by atoms with Crippen LogP contribution in [0.25, 0.3) is 6.08 Å². The summed E-state index contributed by atoms with van der Waals surface area (Å²) < 4.78 is 0. The van der Waals surface area contributed by atoms with Crippen LogP contribution < -0.4 is 0 Å². The van der Waals surface area contributed by atoms with E-state index in [0.717, 1.165) is 11.8 Å². The van der Waals surface area contributed by atoms with Crippen LogP contribution in [0.1, 0.15) is 15.9 Å². The quantitative estimate of drug-likeness (QED) is 0.189. The third-order valence-corrected chi connectivity index (χ3v) is 4.78. The Morgan fingerprint density at radius 2 is 1.85 bits per heavy atom. The van der Waals surface area contributed by atoms with Crippen molar-refractivity contribution in [2.24, 2.45) is 0 Å². The molecule has 0 unspecified atom stereocenters. The first-order valence-electron chi connectivity index (χ1n) is 7.75. The second kappa shape index (κ2) is 8.57. The molecule has 0 spiro atoms. The van der Waals surface area contributed by atoms with E-state index in [1.54, 1.807) is 54.9 Å². The molecule has 2 aromatic carbocycles. The Balaban J connectivity index is 1.85. The Morgan fingerprint density at radius 1 is 1.11 bits per heavy atom. The zero-order valence-corrected chi connectivity index (χ0v) is 15.4. The summed E-state index contributed by atoms with van der Waals surface area (Å²) in [5.74, 6) is -0.278. The van der Waals surface area contributed by atoms with E-state index in [4.69, 9.17) is 11.6 Å². The van der Waals surface area contributed by atoms with Crippen molar-refractivity contribution in [1.82, 2.24) is 9.97 Å². The molecular formula is C19H12ClN3O3S. The van der Waals surface area contributed by atoms with Crippen molar-refractivity contribution in [3.8, 4) is 0 Å². The predicted octanol–water partition coefficient (Wildman–Crippen LogP) is 5.09. The van der Waals surface area contributed by atoms with Crippen LogP contribution in [0.2, 0.25) is 5.02 Å². The lowest BCUT2D eigenvalue weighted by atomic mass is 10.1.